The van der Waals surface area contributed by atoms with Gasteiger partial charge in [0.25, 0.3) is 5.91 Å². The maximum Gasteiger partial charge on any atom is 0.405 e. The molecule has 0 fully saturated rings. The summed E-state index contributed by atoms with van der Waals surface area (Å²) in [4.78, 5) is 51.3. The van der Waals surface area contributed by atoms with E-state index >= 15 is 0 Å². The Balaban J connectivity index is 2.62. The van der Waals surface area contributed by atoms with Crippen LogP contribution < -0.4 is 16.4 Å². The van der Waals surface area contributed by atoms with Crippen molar-refractivity contribution in [3.05, 3.63) is 71.1 Å². The fourth-order valence-corrected chi connectivity index (χ4v) is 4.95. The number of methoxy groups -OCH3 is 2. The van der Waals surface area contributed by atoms with Crippen LogP contribution in [0.15, 0.2) is 71.1 Å². The lowest BCUT2D eigenvalue weighted by Crippen LogP contribution is -2.37. The van der Waals surface area contributed by atoms with E-state index in [0.29, 0.717) is 12.0 Å². The minimum atomic E-state index is -1.00. The Morgan fingerprint density at radius 2 is 1.90 bits per heavy atom. The molecule has 0 saturated heterocycles. The van der Waals surface area contributed by atoms with Crippen LogP contribution in [-0.4, -0.2) is 73.9 Å². The van der Waals surface area contributed by atoms with E-state index in [1.807, 2.05) is 6.92 Å². The molecule has 2 amide bonds. The van der Waals surface area contributed by atoms with E-state index in [4.69, 9.17) is 19.9 Å². The van der Waals surface area contributed by atoms with Gasteiger partial charge in [-0.15, -0.1) is 6.58 Å². The third-order valence-electron chi connectivity index (χ3n) is 7.22. The predicted octanol–water partition coefficient (Wildman–Crippen LogP) is 2.54. The van der Waals surface area contributed by atoms with E-state index in [-0.39, 0.29) is 41.4 Å². The second kappa shape index (κ2) is 16.0. The van der Waals surface area contributed by atoms with Gasteiger partial charge in [0.05, 0.1) is 23.6 Å². The largest absolute Gasteiger partial charge is 0.439 e. The minimum Gasteiger partial charge on any atom is -0.439 e. The van der Waals surface area contributed by atoms with Gasteiger partial charge in [-0.05, 0) is 38.2 Å². The van der Waals surface area contributed by atoms with Gasteiger partial charge < -0.3 is 35.7 Å². The highest BCUT2D eigenvalue weighted by Crippen LogP contribution is 2.28. The third kappa shape index (κ3) is 9.10. The van der Waals surface area contributed by atoms with Gasteiger partial charge in [-0.1, -0.05) is 44.2 Å². The molecule has 2 rings (SSSR count). The molecule has 0 spiro atoms. The number of ketones is 2. The van der Waals surface area contributed by atoms with Crippen molar-refractivity contribution in [2.24, 2.45) is 17.6 Å². The van der Waals surface area contributed by atoms with Crippen molar-refractivity contribution in [3.8, 4) is 0 Å². The molecule has 3 unspecified atom stereocenters. The monoisotopic (exact) mass is 585 g/mol. The smallest absolute Gasteiger partial charge is 0.405 e. The summed E-state index contributed by atoms with van der Waals surface area (Å²) in [5.41, 5.74) is 6.42. The Labute approximate surface area is 247 Å². The Bertz CT molecular complexity index is 1210. The molecule has 11 heteroatoms. The quantitative estimate of drug-likeness (QED) is 0.271. The molecular formula is C31H43N3O8. The number of carbonyl (C=O) groups excluding carboxylic acids is 4. The molecule has 1 heterocycles. The van der Waals surface area contributed by atoms with E-state index in [2.05, 4.69) is 17.2 Å². The Hall–Kier alpha value is -3.80. The number of nitrogens with one attached hydrogen (secondary N) is 2. The number of amides is 2. The first-order valence-corrected chi connectivity index (χ1v) is 13.8. The predicted molar refractivity (Wildman–Crippen MR) is 158 cm³/mol. The summed E-state index contributed by atoms with van der Waals surface area (Å²) in [5.74, 6) is -2.14. The molecule has 2 aliphatic rings. The number of rotatable bonds is 6. The third-order valence-corrected chi connectivity index (χ3v) is 7.22. The summed E-state index contributed by atoms with van der Waals surface area (Å²) in [7, 11) is 2.92. The number of carbonyl (C=O) groups is 4. The summed E-state index contributed by atoms with van der Waals surface area (Å²) in [5, 5.41) is 16.7. The highest BCUT2D eigenvalue weighted by atomic mass is 16.6. The van der Waals surface area contributed by atoms with Crippen LogP contribution in [0.4, 0.5) is 4.79 Å². The number of nitrogens with two attached hydrogens (primary N) is 1. The topological polar surface area (TPSA) is 166 Å². The molecule has 0 aromatic heterocycles. The molecule has 0 radical (unpaired) electrons. The normalized spacial score (nSPS) is 31.6. The lowest BCUT2D eigenvalue weighted by molar-refractivity contribution is -0.120. The van der Waals surface area contributed by atoms with Crippen molar-refractivity contribution < 1.29 is 38.5 Å². The Morgan fingerprint density at radius 3 is 2.50 bits per heavy atom. The van der Waals surface area contributed by atoms with Gasteiger partial charge in [-0.3, -0.25) is 14.4 Å². The van der Waals surface area contributed by atoms with Crippen LogP contribution in [0.1, 0.15) is 40.5 Å². The summed E-state index contributed by atoms with van der Waals surface area (Å²) in [6.45, 7) is 10.9. The second-order valence-corrected chi connectivity index (χ2v) is 10.6. The number of ether oxygens (including phenoxy) is 3. The van der Waals surface area contributed by atoms with Gasteiger partial charge in [0.15, 0.2) is 6.10 Å². The van der Waals surface area contributed by atoms with Crippen molar-refractivity contribution in [2.75, 3.05) is 20.8 Å². The highest BCUT2D eigenvalue weighted by molar-refractivity contribution is 6.23. The number of aliphatic hydroxyl groups excluding tert-OH is 1. The van der Waals surface area contributed by atoms with Crippen molar-refractivity contribution in [3.63, 3.8) is 0 Å². The van der Waals surface area contributed by atoms with Crippen molar-refractivity contribution in [2.45, 2.75) is 65.0 Å². The van der Waals surface area contributed by atoms with Crippen LogP contribution in [0.3, 0.4) is 0 Å². The fraction of sp³-hybridized carbons (Fsp3) is 0.484. The van der Waals surface area contributed by atoms with Crippen molar-refractivity contribution in [1.29, 1.82) is 0 Å². The lowest BCUT2D eigenvalue weighted by atomic mass is 9.85. The average molecular weight is 586 g/mol. The van der Waals surface area contributed by atoms with Gasteiger partial charge in [0, 0.05) is 43.9 Å². The molecule has 0 aromatic rings. The van der Waals surface area contributed by atoms with Gasteiger partial charge in [0.1, 0.15) is 6.10 Å². The zero-order chi connectivity index (χ0) is 31.6. The van der Waals surface area contributed by atoms with Crippen LogP contribution in [-0.2, 0) is 28.6 Å². The van der Waals surface area contributed by atoms with Crippen LogP contribution in [0.2, 0.25) is 0 Å². The van der Waals surface area contributed by atoms with Crippen LogP contribution in [0.5, 0.6) is 0 Å². The maximum atomic E-state index is 13.5. The number of hydrogen-bond donors (Lipinski definition) is 4. The van der Waals surface area contributed by atoms with E-state index in [9.17, 15) is 24.3 Å². The summed E-state index contributed by atoms with van der Waals surface area (Å²) in [6.07, 6.45) is 5.34. The van der Waals surface area contributed by atoms with E-state index in [0.717, 1.165) is 6.08 Å². The molecule has 230 valence electrons. The molecule has 1 aliphatic heterocycles. The average Bonchev–Trinajstić information content (AvgIpc) is 2.94. The van der Waals surface area contributed by atoms with Crippen molar-refractivity contribution >= 4 is 23.6 Å². The van der Waals surface area contributed by atoms with Crippen LogP contribution in [0, 0.1) is 11.8 Å². The highest BCUT2D eigenvalue weighted by Gasteiger charge is 2.33. The SMILES string of the molecule is C=CCNC1=C2CC(C)C[C@H](OC)C(O)C(C)/C=C(\C)[C@H](OC(N)=O)[C@H](OC)/C=C\C=C(/C)C(=O)NC(=CC1=O)C2=O. The molecule has 5 N–H and O–H groups in total. The molecule has 0 saturated carbocycles. The molecule has 2 bridgehead atoms. The Kier molecular flexibility index (Phi) is 13.1. The Morgan fingerprint density at radius 1 is 1.21 bits per heavy atom. The maximum absolute atomic E-state index is 13.5. The van der Waals surface area contributed by atoms with Crippen LogP contribution >= 0.6 is 0 Å². The number of hydrogen-bond acceptors (Lipinski definition) is 9. The summed E-state index contributed by atoms with van der Waals surface area (Å²) < 4.78 is 16.6. The first-order chi connectivity index (χ1) is 19.8. The summed E-state index contributed by atoms with van der Waals surface area (Å²) in [6, 6.07) is 0. The molecular weight excluding hydrogens is 542 g/mol. The lowest BCUT2D eigenvalue weighted by Gasteiger charge is -2.30. The summed E-state index contributed by atoms with van der Waals surface area (Å²) >= 11 is 0. The minimum absolute atomic E-state index is 0.132. The first kappa shape index (κ1) is 34.4. The molecule has 1 aliphatic carbocycles. The fourth-order valence-electron chi connectivity index (χ4n) is 4.95. The van der Waals surface area contributed by atoms with Gasteiger partial charge in [-0.2, -0.15) is 0 Å². The van der Waals surface area contributed by atoms with Crippen molar-refractivity contribution in [1.82, 2.24) is 10.6 Å². The number of Topliss-reactive ketones (excluding diaryl/α,β-unsaturated/α-hetero) is 1. The standard InChI is InChI=1S/C31H43N3O8/c1-8-12-33-26-21-13-17(2)14-25(41-7)27(36)19(4)15-20(5)29(42-31(32)39)24(40-6)11-9-10-18(3)30(38)34-22(28(21)37)16-23(26)35/h8-11,15-17,19,24-25,27,29,33,36H,1,12-14H2,2-7H3,(H2,32,39)(H,34,38)/b11-9-,18-10+,20-15+/t17?,19?,24-,25+,27?,29+/m1/s1. The second-order valence-electron chi connectivity index (χ2n) is 10.6. The van der Waals surface area contributed by atoms with E-state index in [1.165, 1.54) is 20.3 Å². The number of fused-ring (bicyclic) bond motifs is 2. The number of allylic oxidation sites excluding steroid dienone is 4. The molecule has 11 nitrogen and oxygen atoms in total. The van der Waals surface area contributed by atoms with E-state index in [1.54, 1.807) is 45.1 Å². The van der Waals surface area contributed by atoms with E-state index < -0.39 is 53.9 Å². The first-order valence-electron chi connectivity index (χ1n) is 13.8. The molecule has 0 aromatic carbocycles. The zero-order valence-corrected chi connectivity index (χ0v) is 25.1. The van der Waals surface area contributed by atoms with Crippen LogP contribution in [0.25, 0.3) is 0 Å². The number of primary amides is 1. The van der Waals surface area contributed by atoms with Gasteiger partial charge in [0.2, 0.25) is 11.6 Å². The molecule has 6 atom stereocenters. The van der Waals surface area contributed by atoms with Gasteiger partial charge in [-0.25, -0.2) is 4.79 Å². The molecule has 42 heavy (non-hydrogen) atoms. The zero-order valence-electron chi connectivity index (χ0n) is 25.1. The van der Waals surface area contributed by atoms with Gasteiger partial charge >= 0.3 is 6.09 Å². The number of aliphatic hydroxyl groups is 1.